The van der Waals surface area contributed by atoms with Crippen molar-refractivity contribution in [3.8, 4) is 0 Å². The number of likely N-dealkylation sites (N-methyl/N-ethyl adjacent to an activating group) is 1. The summed E-state index contributed by atoms with van der Waals surface area (Å²) in [5, 5.41) is 3.16. The average Bonchev–Trinajstić information content (AvgIpc) is 2.49. The first kappa shape index (κ1) is 13.8. The Balaban J connectivity index is 0.000000186. The van der Waals surface area contributed by atoms with Gasteiger partial charge < -0.3 is 15.0 Å². The molecule has 0 atom stereocenters. The zero-order valence-electron chi connectivity index (χ0n) is 11.3. The van der Waals surface area contributed by atoms with Crippen LogP contribution in [0.2, 0.25) is 0 Å². The van der Waals surface area contributed by atoms with E-state index in [4.69, 9.17) is 4.74 Å². The number of aldehydes is 1. The number of anilines is 1. The molecule has 3 rings (SSSR count). The van der Waals surface area contributed by atoms with Crippen LogP contribution in [-0.4, -0.2) is 46.2 Å². The third-order valence-electron chi connectivity index (χ3n) is 3.17. The number of hydrogen-bond donors (Lipinski definition) is 1. The molecule has 4 heteroatoms. The quantitative estimate of drug-likeness (QED) is 0.778. The number of rotatable bonds is 1. The molecular formula is C15H20N2O2. The van der Waals surface area contributed by atoms with Gasteiger partial charge >= 0.3 is 0 Å². The van der Waals surface area contributed by atoms with E-state index in [9.17, 15) is 4.79 Å². The van der Waals surface area contributed by atoms with Gasteiger partial charge in [-0.05, 0) is 6.07 Å². The van der Waals surface area contributed by atoms with E-state index in [0.717, 1.165) is 55.9 Å². The highest BCUT2D eigenvalue weighted by molar-refractivity contribution is 5.88. The van der Waals surface area contributed by atoms with Crippen LogP contribution in [0.3, 0.4) is 0 Å². The van der Waals surface area contributed by atoms with Gasteiger partial charge in [-0.3, -0.25) is 4.79 Å². The number of hydrogen-bond acceptors (Lipinski definition) is 4. The fourth-order valence-corrected chi connectivity index (χ4v) is 2.13. The molecule has 1 fully saturated rings. The third-order valence-corrected chi connectivity index (χ3v) is 3.17. The minimum Gasteiger partial charge on any atom is -0.379 e. The number of ether oxygens (including phenoxy) is 1. The summed E-state index contributed by atoms with van der Waals surface area (Å²) >= 11 is 0. The Hall–Kier alpha value is -1.65. The molecular weight excluding hydrogens is 240 g/mol. The predicted octanol–water partition coefficient (Wildman–Crippen LogP) is 1.57. The molecule has 0 bridgehead atoms. The maximum absolute atomic E-state index is 10.7. The molecule has 0 saturated carbocycles. The van der Waals surface area contributed by atoms with E-state index in [-0.39, 0.29) is 0 Å². The molecule has 0 amide bonds. The van der Waals surface area contributed by atoms with Gasteiger partial charge in [0.15, 0.2) is 6.29 Å². The lowest BCUT2D eigenvalue weighted by Crippen LogP contribution is -2.30. The summed E-state index contributed by atoms with van der Waals surface area (Å²) in [6, 6.07) is 5.79. The van der Waals surface area contributed by atoms with Gasteiger partial charge in [0, 0.05) is 43.5 Å². The molecule has 102 valence electrons. The van der Waals surface area contributed by atoms with Gasteiger partial charge in [0.25, 0.3) is 0 Å². The fourth-order valence-electron chi connectivity index (χ4n) is 2.13. The first-order valence-corrected chi connectivity index (χ1v) is 6.57. The molecule has 0 spiro atoms. The molecule has 19 heavy (non-hydrogen) atoms. The van der Waals surface area contributed by atoms with E-state index >= 15 is 0 Å². The second-order valence-corrected chi connectivity index (χ2v) is 4.54. The van der Waals surface area contributed by atoms with Gasteiger partial charge in [-0.2, -0.15) is 0 Å². The van der Waals surface area contributed by atoms with Crippen LogP contribution in [0.4, 0.5) is 5.69 Å². The molecule has 2 aliphatic rings. The molecule has 1 aromatic carbocycles. The minimum absolute atomic E-state index is 0.764. The van der Waals surface area contributed by atoms with E-state index in [1.165, 1.54) is 0 Å². The van der Waals surface area contributed by atoms with E-state index < -0.39 is 0 Å². The Labute approximate surface area is 114 Å². The van der Waals surface area contributed by atoms with Crippen molar-refractivity contribution >= 4 is 18.0 Å². The van der Waals surface area contributed by atoms with Crippen LogP contribution in [-0.2, 0) is 4.74 Å². The smallest absolute Gasteiger partial charge is 0.150 e. The average molecular weight is 260 g/mol. The third kappa shape index (κ3) is 3.66. The number of benzene rings is 1. The maximum atomic E-state index is 10.7. The maximum Gasteiger partial charge on any atom is 0.150 e. The molecule has 2 heterocycles. The molecule has 1 saturated heterocycles. The van der Waals surface area contributed by atoms with Gasteiger partial charge in [0.05, 0.1) is 13.2 Å². The van der Waals surface area contributed by atoms with Gasteiger partial charge in [-0.1, -0.05) is 24.3 Å². The highest BCUT2D eigenvalue weighted by Gasteiger charge is 2.11. The summed E-state index contributed by atoms with van der Waals surface area (Å²) < 4.78 is 5.01. The monoisotopic (exact) mass is 260 g/mol. The van der Waals surface area contributed by atoms with Gasteiger partial charge in [-0.15, -0.1) is 0 Å². The lowest BCUT2D eigenvalue weighted by Gasteiger charge is -2.24. The summed E-state index contributed by atoms with van der Waals surface area (Å²) in [6.45, 7) is 4.75. The van der Waals surface area contributed by atoms with Crippen molar-refractivity contribution in [2.75, 3.05) is 44.8 Å². The van der Waals surface area contributed by atoms with Gasteiger partial charge in [0.1, 0.15) is 0 Å². The zero-order valence-corrected chi connectivity index (χ0v) is 11.3. The van der Waals surface area contributed by atoms with Crippen molar-refractivity contribution in [2.45, 2.75) is 0 Å². The summed E-state index contributed by atoms with van der Waals surface area (Å²) in [7, 11) is 2.02. The summed E-state index contributed by atoms with van der Waals surface area (Å²) in [5.74, 6) is 0. The molecule has 4 nitrogen and oxygen atoms in total. The standard InChI is InChI=1S/C11H11NO.C4H9NO/c1-12-7-3-5-10-9(8-13)4-2-6-11(10)12;1-3-6-4-2-5-1/h2-6,8H,7H2,1H3;5H,1-4H2. The van der Waals surface area contributed by atoms with Crippen LogP contribution < -0.4 is 10.2 Å². The number of nitrogens with one attached hydrogen (secondary N) is 1. The molecule has 1 aromatic rings. The van der Waals surface area contributed by atoms with Crippen LogP contribution in [0.15, 0.2) is 24.3 Å². The molecule has 0 radical (unpaired) electrons. The van der Waals surface area contributed by atoms with E-state index in [1.54, 1.807) is 0 Å². The predicted molar refractivity (Wildman–Crippen MR) is 77.8 cm³/mol. The van der Waals surface area contributed by atoms with Crippen molar-refractivity contribution < 1.29 is 9.53 Å². The lowest BCUT2D eigenvalue weighted by atomic mass is 10.0. The van der Waals surface area contributed by atoms with Crippen LogP contribution in [0, 0.1) is 0 Å². The van der Waals surface area contributed by atoms with Crippen LogP contribution in [0.1, 0.15) is 15.9 Å². The highest BCUT2D eigenvalue weighted by atomic mass is 16.5. The Morgan fingerprint density at radius 1 is 1.32 bits per heavy atom. The molecule has 2 aliphatic heterocycles. The first-order chi connectivity index (χ1) is 9.33. The Morgan fingerprint density at radius 3 is 2.68 bits per heavy atom. The summed E-state index contributed by atoms with van der Waals surface area (Å²) in [4.78, 5) is 12.9. The Kier molecular flexibility index (Phi) is 5.12. The van der Waals surface area contributed by atoms with Crippen LogP contribution in [0.25, 0.3) is 6.08 Å². The Bertz CT molecular complexity index is 442. The number of nitrogens with zero attached hydrogens (tertiary/aromatic N) is 1. The summed E-state index contributed by atoms with van der Waals surface area (Å²) in [5.41, 5.74) is 2.93. The first-order valence-electron chi connectivity index (χ1n) is 6.57. The highest BCUT2D eigenvalue weighted by Crippen LogP contribution is 2.26. The molecule has 0 unspecified atom stereocenters. The van der Waals surface area contributed by atoms with E-state index in [0.29, 0.717) is 0 Å². The molecule has 1 N–H and O–H groups in total. The Morgan fingerprint density at radius 2 is 2.11 bits per heavy atom. The van der Waals surface area contributed by atoms with Crippen molar-refractivity contribution in [3.05, 3.63) is 35.4 Å². The second kappa shape index (κ2) is 7.07. The normalized spacial score (nSPS) is 17.2. The largest absolute Gasteiger partial charge is 0.379 e. The number of carbonyl (C=O) groups is 1. The number of morpholine rings is 1. The SMILES string of the molecule is C1COCCN1.CN1CC=Cc2c(C=O)cccc21. The van der Waals surface area contributed by atoms with Crippen molar-refractivity contribution in [1.82, 2.24) is 5.32 Å². The second-order valence-electron chi connectivity index (χ2n) is 4.54. The van der Waals surface area contributed by atoms with E-state index in [1.807, 2.05) is 31.3 Å². The van der Waals surface area contributed by atoms with Crippen molar-refractivity contribution in [1.29, 1.82) is 0 Å². The fraction of sp³-hybridized carbons (Fsp3) is 0.400. The van der Waals surface area contributed by atoms with Crippen LogP contribution in [0.5, 0.6) is 0 Å². The van der Waals surface area contributed by atoms with Crippen LogP contribution >= 0.6 is 0 Å². The molecule has 0 aromatic heterocycles. The van der Waals surface area contributed by atoms with Crippen molar-refractivity contribution in [2.24, 2.45) is 0 Å². The summed E-state index contributed by atoms with van der Waals surface area (Å²) in [6.07, 6.45) is 4.98. The number of carbonyl (C=O) groups excluding carboxylic acids is 1. The topological polar surface area (TPSA) is 41.6 Å². The zero-order chi connectivity index (χ0) is 13.5. The minimum atomic E-state index is 0.764. The lowest BCUT2D eigenvalue weighted by molar-refractivity contribution is 0.109. The molecule has 0 aliphatic carbocycles. The van der Waals surface area contributed by atoms with Crippen molar-refractivity contribution in [3.63, 3.8) is 0 Å². The van der Waals surface area contributed by atoms with Gasteiger partial charge in [-0.25, -0.2) is 0 Å². The number of fused-ring (bicyclic) bond motifs is 1. The van der Waals surface area contributed by atoms with E-state index in [2.05, 4.69) is 16.3 Å². The van der Waals surface area contributed by atoms with Gasteiger partial charge in [0.2, 0.25) is 0 Å².